The first kappa shape index (κ1) is 14.1. The lowest BCUT2D eigenvalue weighted by molar-refractivity contribution is 0.311. The van der Waals surface area contributed by atoms with Crippen molar-refractivity contribution >= 4 is 0 Å². The monoisotopic (exact) mass is 224 g/mol. The fourth-order valence-electron chi connectivity index (χ4n) is 3.31. The second-order valence-corrected chi connectivity index (χ2v) is 6.05. The third-order valence-corrected chi connectivity index (χ3v) is 4.24. The number of rotatable bonds is 4. The van der Waals surface area contributed by atoms with Gasteiger partial charge in [-0.05, 0) is 18.3 Å². The van der Waals surface area contributed by atoms with E-state index in [1.165, 1.54) is 77.0 Å². The summed E-state index contributed by atoms with van der Waals surface area (Å²) in [7, 11) is 0. The van der Waals surface area contributed by atoms with Gasteiger partial charge in [0.15, 0.2) is 0 Å². The van der Waals surface area contributed by atoms with Crippen molar-refractivity contribution in [1.29, 1.82) is 0 Å². The van der Waals surface area contributed by atoms with Gasteiger partial charge in [-0.2, -0.15) is 0 Å². The van der Waals surface area contributed by atoms with Crippen LogP contribution in [0.25, 0.3) is 0 Å². The van der Waals surface area contributed by atoms with E-state index < -0.39 is 0 Å². The van der Waals surface area contributed by atoms with E-state index in [1.807, 2.05) is 0 Å². The second-order valence-electron chi connectivity index (χ2n) is 6.05. The highest BCUT2D eigenvalue weighted by molar-refractivity contribution is 4.66. The van der Waals surface area contributed by atoms with Crippen LogP contribution in [-0.2, 0) is 0 Å². The molecule has 0 heterocycles. The Morgan fingerprint density at radius 3 is 1.88 bits per heavy atom. The van der Waals surface area contributed by atoms with E-state index in [0.717, 1.165) is 11.8 Å². The van der Waals surface area contributed by atoms with Crippen LogP contribution in [0.1, 0.15) is 90.9 Å². The zero-order chi connectivity index (χ0) is 11.6. The molecule has 1 atom stereocenters. The third-order valence-electron chi connectivity index (χ3n) is 4.24. The predicted octanol–water partition coefficient (Wildman–Crippen LogP) is 5.95. The first-order chi connectivity index (χ1) is 7.83. The molecule has 1 fully saturated rings. The molecule has 0 heteroatoms. The molecular weight excluding hydrogens is 192 g/mol. The summed E-state index contributed by atoms with van der Waals surface area (Å²) in [4.78, 5) is 0. The van der Waals surface area contributed by atoms with Crippen LogP contribution in [0.4, 0.5) is 0 Å². The summed E-state index contributed by atoms with van der Waals surface area (Å²) < 4.78 is 0. The summed E-state index contributed by atoms with van der Waals surface area (Å²) in [6, 6.07) is 0. The minimum atomic E-state index is 0.970. The Morgan fingerprint density at radius 1 is 0.875 bits per heavy atom. The normalized spacial score (nSPS) is 22.9. The Hall–Kier alpha value is 0. The van der Waals surface area contributed by atoms with Crippen molar-refractivity contribution in [2.24, 2.45) is 11.8 Å². The maximum atomic E-state index is 2.46. The van der Waals surface area contributed by atoms with Crippen LogP contribution >= 0.6 is 0 Å². The summed E-state index contributed by atoms with van der Waals surface area (Å²) in [5.74, 6) is 2.03. The first-order valence-corrected chi connectivity index (χ1v) is 7.83. The van der Waals surface area contributed by atoms with E-state index in [4.69, 9.17) is 0 Å². The molecule has 0 N–H and O–H groups in total. The van der Waals surface area contributed by atoms with Gasteiger partial charge in [-0.25, -0.2) is 0 Å². The second kappa shape index (κ2) is 9.07. The van der Waals surface area contributed by atoms with Gasteiger partial charge < -0.3 is 0 Å². The van der Waals surface area contributed by atoms with Gasteiger partial charge in [-0.1, -0.05) is 84.5 Å². The van der Waals surface area contributed by atoms with Gasteiger partial charge in [-0.15, -0.1) is 0 Å². The number of hydrogen-bond donors (Lipinski definition) is 0. The molecule has 0 aliphatic heterocycles. The van der Waals surface area contributed by atoms with Crippen molar-refractivity contribution in [3.8, 4) is 0 Å². The van der Waals surface area contributed by atoms with Crippen molar-refractivity contribution in [2.75, 3.05) is 0 Å². The molecule has 0 radical (unpaired) electrons. The SMILES string of the molecule is CCCC(C)CC1CCCCCCCCC1. The topological polar surface area (TPSA) is 0 Å². The summed E-state index contributed by atoms with van der Waals surface area (Å²) in [6.45, 7) is 4.78. The van der Waals surface area contributed by atoms with Gasteiger partial charge in [0.1, 0.15) is 0 Å². The molecule has 0 spiro atoms. The highest BCUT2D eigenvalue weighted by Gasteiger charge is 2.13. The number of hydrogen-bond acceptors (Lipinski definition) is 0. The van der Waals surface area contributed by atoms with Crippen LogP contribution in [0.15, 0.2) is 0 Å². The van der Waals surface area contributed by atoms with E-state index >= 15 is 0 Å². The van der Waals surface area contributed by atoms with Crippen LogP contribution in [0.5, 0.6) is 0 Å². The highest BCUT2D eigenvalue weighted by atomic mass is 14.2. The minimum absolute atomic E-state index is 0.970. The van der Waals surface area contributed by atoms with Crippen molar-refractivity contribution < 1.29 is 0 Å². The van der Waals surface area contributed by atoms with Crippen LogP contribution in [0, 0.1) is 11.8 Å². The van der Waals surface area contributed by atoms with E-state index in [-0.39, 0.29) is 0 Å². The fraction of sp³-hybridized carbons (Fsp3) is 1.00. The lowest BCUT2D eigenvalue weighted by Crippen LogP contribution is -2.08. The maximum absolute atomic E-state index is 2.46. The van der Waals surface area contributed by atoms with Gasteiger partial charge >= 0.3 is 0 Å². The van der Waals surface area contributed by atoms with Gasteiger partial charge in [0, 0.05) is 0 Å². The Kier molecular flexibility index (Phi) is 7.98. The lowest BCUT2D eigenvalue weighted by atomic mass is 9.84. The largest absolute Gasteiger partial charge is 0.0654 e. The van der Waals surface area contributed by atoms with Crippen molar-refractivity contribution in [1.82, 2.24) is 0 Å². The minimum Gasteiger partial charge on any atom is -0.0654 e. The Labute approximate surface area is 103 Å². The molecular formula is C16H32. The third kappa shape index (κ3) is 6.55. The molecule has 1 aliphatic rings. The van der Waals surface area contributed by atoms with E-state index in [2.05, 4.69) is 13.8 Å². The zero-order valence-electron chi connectivity index (χ0n) is 11.6. The quantitative estimate of drug-likeness (QED) is 0.553. The molecule has 0 amide bonds. The van der Waals surface area contributed by atoms with Crippen molar-refractivity contribution in [3.63, 3.8) is 0 Å². The average Bonchev–Trinajstić information content (AvgIpc) is 2.27. The average molecular weight is 224 g/mol. The molecule has 1 saturated carbocycles. The molecule has 0 saturated heterocycles. The highest BCUT2D eigenvalue weighted by Crippen LogP contribution is 2.28. The molecule has 0 aromatic carbocycles. The molecule has 16 heavy (non-hydrogen) atoms. The molecule has 1 unspecified atom stereocenters. The lowest BCUT2D eigenvalue weighted by Gasteiger charge is -2.21. The molecule has 1 aliphatic carbocycles. The molecule has 1 rings (SSSR count). The van der Waals surface area contributed by atoms with E-state index in [0.29, 0.717) is 0 Å². The van der Waals surface area contributed by atoms with Crippen molar-refractivity contribution in [3.05, 3.63) is 0 Å². The standard InChI is InChI=1S/C16H32/c1-3-11-15(2)14-16-12-9-7-5-4-6-8-10-13-16/h15-16H,3-14H2,1-2H3. The molecule has 0 aromatic heterocycles. The Balaban J connectivity index is 2.24. The molecule has 0 bridgehead atoms. The molecule has 96 valence electrons. The fourth-order valence-corrected chi connectivity index (χ4v) is 3.31. The van der Waals surface area contributed by atoms with Gasteiger partial charge in [0.05, 0.1) is 0 Å². The van der Waals surface area contributed by atoms with Gasteiger partial charge in [-0.3, -0.25) is 0 Å². The zero-order valence-corrected chi connectivity index (χ0v) is 11.6. The summed E-state index contributed by atoms with van der Waals surface area (Å²) in [5, 5.41) is 0. The van der Waals surface area contributed by atoms with Crippen LogP contribution in [0.2, 0.25) is 0 Å². The van der Waals surface area contributed by atoms with Gasteiger partial charge in [0.2, 0.25) is 0 Å². The molecule has 0 nitrogen and oxygen atoms in total. The summed E-state index contributed by atoms with van der Waals surface area (Å²) in [5.41, 5.74) is 0. The first-order valence-electron chi connectivity index (χ1n) is 7.83. The van der Waals surface area contributed by atoms with Crippen LogP contribution in [-0.4, -0.2) is 0 Å². The van der Waals surface area contributed by atoms with Crippen LogP contribution < -0.4 is 0 Å². The van der Waals surface area contributed by atoms with Crippen LogP contribution in [0.3, 0.4) is 0 Å². The Bertz CT molecular complexity index is 140. The maximum Gasteiger partial charge on any atom is -0.0412 e. The van der Waals surface area contributed by atoms with E-state index in [9.17, 15) is 0 Å². The smallest absolute Gasteiger partial charge is 0.0412 e. The summed E-state index contributed by atoms with van der Waals surface area (Å²) in [6.07, 6.45) is 17.9. The Morgan fingerprint density at radius 2 is 1.38 bits per heavy atom. The summed E-state index contributed by atoms with van der Waals surface area (Å²) >= 11 is 0. The van der Waals surface area contributed by atoms with Gasteiger partial charge in [0.25, 0.3) is 0 Å². The molecule has 0 aromatic rings. The van der Waals surface area contributed by atoms with E-state index in [1.54, 1.807) is 0 Å². The van der Waals surface area contributed by atoms with Crippen molar-refractivity contribution in [2.45, 2.75) is 90.9 Å². The predicted molar refractivity (Wildman–Crippen MR) is 73.7 cm³/mol.